The highest BCUT2D eigenvalue weighted by Gasteiger charge is 2.41. The van der Waals surface area contributed by atoms with E-state index in [4.69, 9.17) is 16.3 Å². The Bertz CT molecular complexity index is 1440. The van der Waals surface area contributed by atoms with Crippen LogP contribution in [0.4, 0.5) is 5.69 Å². The minimum atomic E-state index is -4.29. The molecule has 7 nitrogen and oxygen atoms in total. The fourth-order valence-corrected chi connectivity index (χ4v) is 5.83. The average Bonchev–Trinajstić information content (AvgIpc) is 2.85. The van der Waals surface area contributed by atoms with Crippen molar-refractivity contribution in [3.8, 4) is 0 Å². The van der Waals surface area contributed by atoms with Crippen LogP contribution in [-0.2, 0) is 30.8 Å². The molecule has 0 aromatic heterocycles. The van der Waals surface area contributed by atoms with Gasteiger partial charge in [-0.2, -0.15) is 0 Å². The predicted octanol–water partition coefficient (Wildman–Crippen LogP) is 4.48. The third-order valence-electron chi connectivity index (χ3n) is 5.67. The average molecular weight is 511 g/mol. The van der Waals surface area contributed by atoms with E-state index in [9.17, 15) is 18.0 Å². The second-order valence-corrected chi connectivity index (χ2v) is 10.1. The summed E-state index contributed by atoms with van der Waals surface area (Å²) < 4.78 is 33.2. The van der Waals surface area contributed by atoms with Crippen LogP contribution in [0.1, 0.15) is 23.6 Å². The molecule has 1 aliphatic rings. The number of methoxy groups -OCH3 is 1. The van der Waals surface area contributed by atoms with Gasteiger partial charge in [-0.1, -0.05) is 67.1 Å². The molecule has 9 heteroatoms. The fraction of sp³-hybridized carbons (Fsp3) is 0.154. The lowest BCUT2D eigenvalue weighted by atomic mass is 9.95. The van der Waals surface area contributed by atoms with Gasteiger partial charge in [-0.05, 0) is 41.8 Å². The number of fused-ring (bicyclic) bond motifs is 1. The lowest BCUT2D eigenvalue weighted by Gasteiger charge is -2.33. The van der Waals surface area contributed by atoms with Crippen molar-refractivity contribution in [2.24, 2.45) is 0 Å². The molecular weight excluding hydrogens is 488 g/mol. The molecule has 0 radical (unpaired) electrons. The third-order valence-corrected chi connectivity index (χ3v) is 7.70. The van der Waals surface area contributed by atoms with Crippen molar-refractivity contribution in [3.63, 3.8) is 0 Å². The number of esters is 1. The Morgan fingerprint density at radius 1 is 1.00 bits per heavy atom. The lowest BCUT2D eigenvalue weighted by Crippen LogP contribution is -2.43. The number of carbonyl (C=O) groups is 2. The molecule has 3 aromatic rings. The molecule has 4 rings (SSSR count). The largest absolute Gasteiger partial charge is 0.464 e. The van der Waals surface area contributed by atoms with Gasteiger partial charge in [0.25, 0.3) is 10.0 Å². The third kappa shape index (κ3) is 4.67. The molecule has 0 spiro atoms. The SMILES string of the molecule is CCc1ccccc1NC(=O)CN1C(C(=O)OC)=C(c2ccccc2)c2cc(Cl)ccc2S1(=O)=O. The standard InChI is InChI=1S/C26H23ClN2O5S/c1-3-17-9-7-8-12-21(17)28-23(30)16-29-25(26(31)34-2)24(18-10-5-4-6-11-18)20-15-19(27)13-14-22(20)35(29,32)33/h4-15H,3,16H2,1-2H3,(H,28,30). The van der Waals surface area contributed by atoms with Crippen molar-refractivity contribution in [2.75, 3.05) is 19.0 Å². The van der Waals surface area contributed by atoms with Gasteiger partial charge < -0.3 is 10.1 Å². The number of para-hydroxylation sites is 1. The van der Waals surface area contributed by atoms with Gasteiger partial charge in [-0.25, -0.2) is 17.5 Å². The molecule has 0 saturated heterocycles. The van der Waals surface area contributed by atoms with Gasteiger partial charge in [-0.15, -0.1) is 0 Å². The summed E-state index contributed by atoms with van der Waals surface area (Å²) in [5.74, 6) is -1.49. The van der Waals surface area contributed by atoms with E-state index in [1.54, 1.807) is 42.5 Å². The number of nitrogens with one attached hydrogen (secondary N) is 1. The molecule has 1 aliphatic heterocycles. The van der Waals surface area contributed by atoms with Crippen LogP contribution in [0.5, 0.6) is 0 Å². The first-order valence-electron chi connectivity index (χ1n) is 10.9. The number of hydrogen-bond acceptors (Lipinski definition) is 5. The van der Waals surface area contributed by atoms with Crippen LogP contribution in [0.3, 0.4) is 0 Å². The van der Waals surface area contributed by atoms with Gasteiger partial charge in [0.05, 0.1) is 12.0 Å². The van der Waals surface area contributed by atoms with Crippen LogP contribution in [0.15, 0.2) is 83.4 Å². The van der Waals surface area contributed by atoms with E-state index in [0.29, 0.717) is 28.3 Å². The summed E-state index contributed by atoms with van der Waals surface area (Å²) in [5.41, 5.74) is 2.37. The Labute approximate surface area is 209 Å². The Hall–Kier alpha value is -3.62. The van der Waals surface area contributed by atoms with Gasteiger partial charge in [0.2, 0.25) is 5.91 Å². The Balaban J connectivity index is 1.89. The molecule has 3 aromatic carbocycles. The van der Waals surface area contributed by atoms with Crippen molar-refractivity contribution in [3.05, 3.63) is 100 Å². The number of benzene rings is 3. The first-order valence-corrected chi connectivity index (χ1v) is 12.7. The lowest BCUT2D eigenvalue weighted by molar-refractivity contribution is -0.137. The number of nitrogens with zero attached hydrogens (tertiary/aromatic N) is 1. The maximum atomic E-state index is 13.7. The molecule has 0 bridgehead atoms. The van der Waals surface area contributed by atoms with Crippen LogP contribution in [0, 0.1) is 0 Å². The van der Waals surface area contributed by atoms with Crippen molar-refractivity contribution < 1.29 is 22.7 Å². The summed E-state index contributed by atoms with van der Waals surface area (Å²) in [5, 5.41) is 3.08. The zero-order valence-electron chi connectivity index (χ0n) is 19.1. The summed E-state index contributed by atoms with van der Waals surface area (Å²) in [7, 11) is -3.13. The van der Waals surface area contributed by atoms with E-state index in [1.807, 2.05) is 19.1 Å². The van der Waals surface area contributed by atoms with E-state index in [2.05, 4.69) is 5.32 Å². The quantitative estimate of drug-likeness (QED) is 0.494. The zero-order chi connectivity index (χ0) is 25.2. The number of aryl methyl sites for hydroxylation is 1. The Morgan fingerprint density at radius 3 is 2.37 bits per heavy atom. The van der Waals surface area contributed by atoms with Crippen LogP contribution < -0.4 is 5.32 Å². The Morgan fingerprint density at radius 2 is 1.69 bits per heavy atom. The van der Waals surface area contributed by atoms with Crippen LogP contribution >= 0.6 is 11.6 Å². The smallest absolute Gasteiger partial charge is 0.356 e. The van der Waals surface area contributed by atoms with Gasteiger partial charge in [0.15, 0.2) is 0 Å². The van der Waals surface area contributed by atoms with Crippen molar-refractivity contribution in [1.29, 1.82) is 0 Å². The predicted molar refractivity (Wildman–Crippen MR) is 134 cm³/mol. The molecule has 35 heavy (non-hydrogen) atoms. The van der Waals surface area contributed by atoms with Gasteiger partial charge in [0.1, 0.15) is 12.2 Å². The molecule has 0 saturated carbocycles. The summed E-state index contributed by atoms with van der Waals surface area (Å²) in [4.78, 5) is 26.1. The summed E-state index contributed by atoms with van der Waals surface area (Å²) in [6.07, 6.45) is 0.679. The van der Waals surface area contributed by atoms with E-state index in [1.165, 1.54) is 18.2 Å². The maximum absolute atomic E-state index is 13.7. The molecule has 1 heterocycles. The minimum Gasteiger partial charge on any atom is -0.464 e. The molecule has 0 fully saturated rings. The first-order chi connectivity index (χ1) is 16.8. The zero-order valence-corrected chi connectivity index (χ0v) is 20.7. The topological polar surface area (TPSA) is 92.8 Å². The summed E-state index contributed by atoms with van der Waals surface area (Å²) in [6, 6.07) is 20.4. The van der Waals surface area contributed by atoms with E-state index in [-0.39, 0.29) is 16.2 Å². The molecule has 0 atom stereocenters. The second kappa shape index (κ2) is 9.93. The normalized spacial score (nSPS) is 14.3. The number of amides is 1. The summed E-state index contributed by atoms with van der Waals surface area (Å²) >= 11 is 6.21. The van der Waals surface area contributed by atoms with Crippen molar-refractivity contribution in [1.82, 2.24) is 4.31 Å². The highest BCUT2D eigenvalue weighted by molar-refractivity contribution is 7.89. The number of ether oxygens (including phenoxy) is 1. The second-order valence-electron chi connectivity index (χ2n) is 7.79. The number of rotatable bonds is 6. The number of halogens is 1. The number of anilines is 1. The van der Waals surface area contributed by atoms with Crippen LogP contribution in [-0.4, -0.2) is 38.3 Å². The highest BCUT2D eigenvalue weighted by Crippen LogP contribution is 2.41. The molecule has 0 aliphatic carbocycles. The molecular formula is C26H23ClN2O5S. The highest BCUT2D eigenvalue weighted by atomic mass is 35.5. The monoisotopic (exact) mass is 510 g/mol. The van der Waals surface area contributed by atoms with Gasteiger partial charge >= 0.3 is 5.97 Å². The van der Waals surface area contributed by atoms with Gasteiger partial charge in [-0.3, -0.25) is 4.79 Å². The van der Waals surface area contributed by atoms with Crippen LogP contribution in [0.2, 0.25) is 5.02 Å². The van der Waals surface area contributed by atoms with E-state index >= 15 is 0 Å². The first kappa shape index (κ1) is 24.5. The van der Waals surface area contributed by atoms with Crippen molar-refractivity contribution in [2.45, 2.75) is 18.2 Å². The molecule has 1 amide bonds. The Kier molecular flexibility index (Phi) is 6.95. The molecule has 0 unspecified atom stereocenters. The molecule has 180 valence electrons. The van der Waals surface area contributed by atoms with E-state index in [0.717, 1.165) is 17.0 Å². The maximum Gasteiger partial charge on any atom is 0.356 e. The van der Waals surface area contributed by atoms with E-state index < -0.39 is 28.4 Å². The van der Waals surface area contributed by atoms with Crippen LogP contribution in [0.25, 0.3) is 5.57 Å². The fourth-order valence-electron chi connectivity index (χ4n) is 4.05. The summed E-state index contributed by atoms with van der Waals surface area (Å²) in [6.45, 7) is 1.33. The number of carbonyl (C=O) groups excluding carboxylic acids is 2. The molecule has 1 N–H and O–H groups in total. The van der Waals surface area contributed by atoms with Crippen molar-refractivity contribution >= 4 is 44.8 Å². The minimum absolute atomic E-state index is 0.0600. The van der Waals surface area contributed by atoms with Gasteiger partial charge in [0, 0.05) is 21.8 Å². The number of hydrogen-bond donors (Lipinski definition) is 1. The number of sulfonamides is 1.